The second-order valence-electron chi connectivity index (χ2n) is 5.20. The zero-order chi connectivity index (χ0) is 17.8. The predicted octanol–water partition coefficient (Wildman–Crippen LogP) is 2.52. The summed E-state index contributed by atoms with van der Waals surface area (Å²) in [4.78, 5) is 35.8. The molecule has 1 aliphatic heterocycles. The highest BCUT2D eigenvalue weighted by molar-refractivity contribution is 7.15. The molecule has 2 aromatic rings. The van der Waals surface area contributed by atoms with Gasteiger partial charge in [0, 0.05) is 11.8 Å². The van der Waals surface area contributed by atoms with Crippen LogP contribution in [0.5, 0.6) is 11.5 Å². The van der Waals surface area contributed by atoms with E-state index >= 15 is 0 Å². The van der Waals surface area contributed by atoms with Gasteiger partial charge in [-0.05, 0) is 31.2 Å². The van der Waals surface area contributed by atoms with Gasteiger partial charge in [0.15, 0.2) is 23.9 Å². The Hall–Kier alpha value is -2.87. The molecule has 0 atom stereocenters. The third-order valence-corrected chi connectivity index (χ3v) is 4.48. The van der Waals surface area contributed by atoms with Crippen LogP contribution in [0.4, 0.5) is 5.69 Å². The van der Waals surface area contributed by atoms with Gasteiger partial charge < -0.3 is 19.5 Å². The first-order valence-corrected chi connectivity index (χ1v) is 8.32. The maximum absolute atomic E-state index is 11.9. The zero-order valence-corrected chi connectivity index (χ0v) is 14.2. The van der Waals surface area contributed by atoms with Crippen molar-refractivity contribution in [3.63, 3.8) is 0 Å². The average Bonchev–Trinajstić information content (AvgIpc) is 3.10. The summed E-state index contributed by atoms with van der Waals surface area (Å²) < 4.78 is 15.8. The summed E-state index contributed by atoms with van der Waals surface area (Å²) in [6.07, 6.45) is 0. The summed E-state index contributed by atoms with van der Waals surface area (Å²) in [6, 6.07) is 8.07. The lowest BCUT2D eigenvalue weighted by molar-refractivity contribution is -0.119. The number of ether oxygens (including phenoxy) is 3. The van der Waals surface area contributed by atoms with Crippen molar-refractivity contribution in [3.8, 4) is 11.5 Å². The number of hydrogen-bond donors (Lipinski definition) is 1. The van der Waals surface area contributed by atoms with Crippen LogP contribution in [-0.2, 0) is 9.53 Å². The molecule has 25 heavy (non-hydrogen) atoms. The highest BCUT2D eigenvalue weighted by Crippen LogP contribution is 2.32. The van der Waals surface area contributed by atoms with Gasteiger partial charge in [-0.25, -0.2) is 4.79 Å². The predicted molar refractivity (Wildman–Crippen MR) is 90.7 cm³/mol. The second-order valence-corrected chi connectivity index (χ2v) is 6.29. The average molecular weight is 361 g/mol. The number of amides is 1. The Morgan fingerprint density at radius 1 is 1.08 bits per heavy atom. The number of benzene rings is 1. The quantitative estimate of drug-likeness (QED) is 0.650. The number of rotatable bonds is 5. The lowest BCUT2D eigenvalue weighted by Crippen LogP contribution is -2.21. The van der Waals surface area contributed by atoms with E-state index in [1.165, 1.54) is 13.0 Å². The van der Waals surface area contributed by atoms with E-state index in [9.17, 15) is 14.4 Å². The van der Waals surface area contributed by atoms with Crippen molar-refractivity contribution in [3.05, 3.63) is 40.1 Å². The number of ketones is 1. The van der Waals surface area contributed by atoms with E-state index in [4.69, 9.17) is 14.2 Å². The minimum Gasteiger partial charge on any atom is -0.486 e. The van der Waals surface area contributed by atoms with Crippen molar-refractivity contribution in [2.45, 2.75) is 6.92 Å². The molecular weight excluding hydrogens is 346 g/mol. The third kappa shape index (κ3) is 4.16. The van der Waals surface area contributed by atoms with E-state index in [-0.39, 0.29) is 10.7 Å². The molecule has 0 bridgehead atoms. The molecule has 7 nitrogen and oxygen atoms in total. The summed E-state index contributed by atoms with van der Waals surface area (Å²) >= 11 is 1.03. The molecule has 1 amide bonds. The van der Waals surface area contributed by atoms with Crippen molar-refractivity contribution in [1.82, 2.24) is 0 Å². The molecule has 1 aliphatic rings. The first kappa shape index (κ1) is 17.0. The van der Waals surface area contributed by atoms with Crippen LogP contribution in [0.2, 0.25) is 0 Å². The molecule has 0 unspecified atom stereocenters. The number of nitrogens with one attached hydrogen (secondary N) is 1. The van der Waals surface area contributed by atoms with Crippen LogP contribution in [0.3, 0.4) is 0 Å². The van der Waals surface area contributed by atoms with Gasteiger partial charge in [0.1, 0.15) is 18.1 Å². The van der Waals surface area contributed by atoms with Crippen LogP contribution < -0.4 is 14.8 Å². The SMILES string of the molecule is CC(=O)c1ccc(C(=O)OCC(=O)Nc2ccc3c(c2)OCCO3)s1. The molecule has 1 N–H and O–H groups in total. The number of hydrogen-bond acceptors (Lipinski definition) is 7. The molecule has 0 fully saturated rings. The van der Waals surface area contributed by atoms with Crippen molar-refractivity contribution in [2.75, 3.05) is 25.1 Å². The van der Waals surface area contributed by atoms with E-state index in [2.05, 4.69) is 5.32 Å². The third-order valence-electron chi connectivity index (χ3n) is 3.31. The normalized spacial score (nSPS) is 12.4. The molecule has 0 aliphatic carbocycles. The Balaban J connectivity index is 1.54. The Morgan fingerprint density at radius 2 is 1.80 bits per heavy atom. The highest BCUT2D eigenvalue weighted by atomic mass is 32.1. The van der Waals surface area contributed by atoms with Gasteiger partial charge in [-0.2, -0.15) is 0 Å². The van der Waals surface area contributed by atoms with Gasteiger partial charge in [-0.15, -0.1) is 11.3 Å². The van der Waals surface area contributed by atoms with E-state index in [0.29, 0.717) is 35.3 Å². The maximum atomic E-state index is 11.9. The lowest BCUT2D eigenvalue weighted by Gasteiger charge is -2.18. The fraction of sp³-hybridized carbons (Fsp3) is 0.235. The summed E-state index contributed by atoms with van der Waals surface area (Å²) in [5.41, 5.74) is 0.514. The van der Waals surface area contributed by atoms with Gasteiger partial charge in [0.05, 0.1) is 4.88 Å². The molecular formula is C17H15NO6S. The molecule has 0 saturated carbocycles. The Labute approximate surface area is 147 Å². The van der Waals surface area contributed by atoms with Crippen molar-refractivity contribution in [2.24, 2.45) is 0 Å². The van der Waals surface area contributed by atoms with Crippen LogP contribution in [0.25, 0.3) is 0 Å². The van der Waals surface area contributed by atoms with E-state index in [0.717, 1.165) is 11.3 Å². The summed E-state index contributed by atoms with van der Waals surface area (Å²) in [5.74, 6) is -0.0744. The van der Waals surface area contributed by atoms with Gasteiger partial charge in [-0.1, -0.05) is 0 Å². The molecule has 2 heterocycles. The monoisotopic (exact) mass is 361 g/mol. The van der Waals surface area contributed by atoms with Crippen molar-refractivity contribution >= 4 is 34.7 Å². The van der Waals surface area contributed by atoms with E-state index in [1.54, 1.807) is 24.3 Å². The van der Waals surface area contributed by atoms with Gasteiger partial charge >= 0.3 is 5.97 Å². The Kier molecular flexibility index (Phi) is 4.99. The van der Waals surface area contributed by atoms with E-state index in [1.807, 2.05) is 0 Å². The molecule has 1 aromatic heterocycles. The first-order valence-electron chi connectivity index (χ1n) is 7.50. The van der Waals surface area contributed by atoms with Gasteiger partial charge in [0.25, 0.3) is 5.91 Å². The van der Waals surface area contributed by atoms with E-state index < -0.39 is 18.5 Å². The number of anilines is 1. The molecule has 8 heteroatoms. The number of Topliss-reactive ketones (excluding diaryl/α,β-unsaturated/α-hetero) is 1. The molecule has 0 spiro atoms. The molecule has 0 radical (unpaired) electrons. The van der Waals surface area contributed by atoms with Gasteiger partial charge in [0.2, 0.25) is 0 Å². The Morgan fingerprint density at radius 3 is 2.52 bits per heavy atom. The number of thiophene rings is 1. The minimum absolute atomic E-state index is 0.125. The van der Waals surface area contributed by atoms with Crippen LogP contribution in [0.15, 0.2) is 30.3 Å². The minimum atomic E-state index is -0.644. The molecule has 1 aromatic carbocycles. The molecule has 3 rings (SSSR count). The van der Waals surface area contributed by atoms with Crippen LogP contribution in [-0.4, -0.2) is 37.5 Å². The summed E-state index contributed by atoms with van der Waals surface area (Å²) in [6.45, 7) is 1.93. The fourth-order valence-electron chi connectivity index (χ4n) is 2.16. The van der Waals surface area contributed by atoms with Gasteiger partial charge in [-0.3, -0.25) is 9.59 Å². The van der Waals surface area contributed by atoms with Crippen molar-refractivity contribution < 1.29 is 28.6 Å². The standard InChI is InChI=1S/C17H15NO6S/c1-10(19)14-4-5-15(25-14)17(21)24-9-16(20)18-11-2-3-12-13(8-11)23-7-6-22-12/h2-5,8H,6-7,9H2,1H3,(H,18,20). The lowest BCUT2D eigenvalue weighted by atomic mass is 10.2. The summed E-state index contributed by atoms with van der Waals surface area (Å²) in [7, 11) is 0. The second kappa shape index (κ2) is 7.35. The highest BCUT2D eigenvalue weighted by Gasteiger charge is 2.16. The number of carbonyl (C=O) groups is 3. The first-order chi connectivity index (χ1) is 12.0. The number of carbonyl (C=O) groups excluding carboxylic acids is 3. The number of fused-ring (bicyclic) bond motifs is 1. The number of esters is 1. The topological polar surface area (TPSA) is 90.9 Å². The van der Waals surface area contributed by atoms with Crippen LogP contribution in [0, 0.1) is 0 Å². The van der Waals surface area contributed by atoms with Crippen LogP contribution >= 0.6 is 11.3 Å². The fourth-order valence-corrected chi connectivity index (χ4v) is 2.95. The maximum Gasteiger partial charge on any atom is 0.348 e. The Bertz CT molecular complexity index is 828. The molecule has 130 valence electrons. The molecule has 0 saturated heterocycles. The zero-order valence-electron chi connectivity index (χ0n) is 13.4. The van der Waals surface area contributed by atoms with Crippen molar-refractivity contribution in [1.29, 1.82) is 0 Å². The largest absolute Gasteiger partial charge is 0.486 e. The van der Waals surface area contributed by atoms with Crippen LogP contribution in [0.1, 0.15) is 26.3 Å². The smallest absolute Gasteiger partial charge is 0.348 e. The summed E-state index contributed by atoms with van der Waals surface area (Å²) in [5, 5.41) is 2.62.